The molecule has 0 aromatic heterocycles. The quantitative estimate of drug-likeness (QED) is 0.480. The summed E-state index contributed by atoms with van der Waals surface area (Å²) in [6, 6.07) is 11.8. The van der Waals surface area contributed by atoms with E-state index in [-0.39, 0.29) is 20.4 Å². The van der Waals surface area contributed by atoms with E-state index >= 15 is 0 Å². The second-order valence-electron chi connectivity index (χ2n) is 4.01. The Bertz CT molecular complexity index is 545. The van der Waals surface area contributed by atoms with Gasteiger partial charge in [0.05, 0.1) is 10.1 Å². The number of benzene rings is 1. The minimum Gasteiger partial charge on any atom is -0.748 e. The number of hydrogen-bond donors (Lipinski definition) is 1. The maximum Gasteiger partial charge on any atom is 2.00 e. The van der Waals surface area contributed by atoms with Crippen molar-refractivity contribution in [3.05, 3.63) is 60.2 Å². The van der Waals surface area contributed by atoms with E-state index in [1.807, 2.05) is 13.1 Å². The van der Waals surface area contributed by atoms with Crippen LogP contribution >= 0.6 is 0 Å². The summed E-state index contributed by atoms with van der Waals surface area (Å²) in [5.74, 6) is 0. The van der Waals surface area contributed by atoms with E-state index in [1.54, 1.807) is 0 Å². The Labute approximate surface area is 134 Å². The Hall–Kier alpha value is -0.898. The second kappa shape index (κ2) is 9.11. The van der Waals surface area contributed by atoms with Gasteiger partial charge in [0.25, 0.3) is 0 Å². The van der Waals surface area contributed by atoms with Crippen LogP contribution in [0.5, 0.6) is 0 Å². The minimum atomic E-state index is -3.92. The van der Waals surface area contributed by atoms with Crippen LogP contribution in [-0.4, -0.2) is 26.3 Å². The SMILES string of the molecule is CN[C-]1CC=CC=C1c1ccccc1.CS(=O)(=O)[O-].[Pd+2]. The van der Waals surface area contributed by atoms with Crippen LogP contribution < -0.4 is 5.32 Å². The smallest absolute Gasteiger partial charge is 0.748 e. The predicted molar refractivity (Wildman–Crippen MR) is 76.1 cm³/mol. The molecule has 0 radical (unpaired) electrons. The van der Waals surface area contributed by atoms with Gasteiger partial charge in [-0.1, -0.05) is 18.2 Å². The molecular weight excluding hydrogens is 369 g/mol. The van der Waals surface area contributed by atoms with Gasteiger partial charge in [-0.25, -0.2) is 8.42 Å². The first-order valence-corrected chi connectivity index (χ1v) is 7.60. The van der Waals surface area contributed by atoms with Crippen molar-refractivity contribution in [3.8, 4) is 0 Å². The maximum atomic E-state index is 9.08. The molecule has 4 nitrogen and oxygen atoms in total. The van der Waals surface area contributed by atoms with Gasteiger partial charge < -0.3 is 9.87 Å². The van der Waals surface area contributed by atoms with Crippen molar-refractivity contribution in [1.29, 1.82) is 0 Å². The molecule has 112 valence electrons. The third-order valence-electron chi connectivity index (χ3n) is 2.43. The van der Waals surface area contributed by atoms with Crippen molar-refractivity contribution in [3.63, 3.8) is 0 Å². The molecule has 2 rings (SSSR count). The van der Waals surface area contributed by atoms with Crippen molar-refractivity contribution in [2.75, 3.05) is 13.3 Å². The van der Waals surface area contributed by atoms with Crippen LogP contribution in [0.15, 0.2) is 48.6 Å². The van der Waals surface area contributed by atoms with Gasteiger partial charge in [-0.05, 0) is 13.5 Å². The van der Waals surface area contributed by atoms with Gasteiger partial charge in [-0.15, -0.1) is 35.9 Å². The first kappa shape index (κ1) is 19.1. The Morgan fingerprint density at radius 1 is 1.25 bits per heavy atom. The Morgan fingerprint density at radius 3 is 2.30 bits per heavy atom. The average molecular weight is 386 g/mol. The number of nitrogens with one attached hydrogen (secondary N) is 1. The van der Waals surface area contributed by atoms with E-state index in [0.29, 0.717) is 6.26 Å². The van der Waals surface area contributed by atoms with Crippen LogP contribution in [0, 0.1) is 6.04 Å². The molecular formula is C14H17NO3PdS. The molecule has 0 heterocycles. The first-order valence-electron chi connectivity index (χ1n) is 5.79. The molecule has 0 bridgehead atoms. The molecule has 0 aliphatic heterocycles. The van der Waals surface area contributed by atoms with Gasteiger partial charge in [0.1, 0.15) is 0 Å². The molecule has 0 unspecified atom stereocenters. The van der Waals surface area contributed by atoms with E-state index in [4.69, 9.17) is 13.0 Å². The zero-order valence-electron chi connectivity index (χ0n) is 11.3. The zero-order chi connectivity index (χ0) is 14.3. The van der Waals surface area contributed by atoms with E-state index < -0.39 is 10.1 Å². The Kier molecular flexibility index (Phi) is 8.71. The van der Waals surface area contributed by atoms with Gasteiger partial charge in [-0.3, -0.25) is 0 Å². The van der Waals surface area contributed by atoms with E-state index in [9.17, 15) is 0 Å². The molecule has 0 amide bonds. The number of likely N-dealkylation sites (N-methyl/N-ethyl adjacent to an activating group) is 1. The molecule has 1 aliphatic carbocycles. The fraction of sp³-hybridized carbons (Fsp3) is 0.214. The normalized spacial score (nSPS) is 13.8. The van der Waals surface area contributed by atoms with Crippen molar-refractivity contribution >= 4 is 15.7 Å². The van der Waals surface area contributed by atoms with Crippen molar-refractivity contribution in [1.82, 2.24) is 5.32 Å². The molecule has 1 N–H and O–H groups in total. The fourth-order valence-electron chi connectivity index (χ4n) is 1.69. The summed E-state index contributed by atoms with van der Waals surface area (Å²) in [4.78, 5) is 0. The predicted octanol–water partition coefficient (Wildman–Crippen LogP) is 1.94. The van der Waals surface area contributed by atoms with Gasteiger partial charge in [0, 0.05) is 6.26 Å². The molecule has 20 heavy (non-hydrogen) atoms. The number of allylic oxidation sites excluding steroid dienone is 2. The summed E-state index contributed by atoms with van der Waals surface area (Å²) >= 11 is 0. The number of hydrogen-bond acceptors (Lipinski definition) is 4. The third-order valence-corrected chi connectivity index (χ3v) is 2.43. The van der Waals surface area contributed by atoms with Gasteiger partial charge in [-0.2, -0.15) is 11.6 Å². The summed E-state index contributed by atoms with van der Waals surface area (Å²) in [6.07, 6.45) is 8.04. The van der Waals surface area contributed by atoms with Crippen molar-refractivity contribution < 1.29 is 33.4 Å². The van der Waals surface area contributed by atoms with Crippen LogP contribution in [0.25, 0.3) is 5.57 Å². The maximum absolute atomic E-state index is 9.08. The van der Waals surface area contributed by atoms with Gasteiger partial charge in [0.15, 0.2) is 0 Å². The Balaban J connectivity index is 0.000000526. The average Bonchev–Trinajstić information content (AvgIpc) is 2.38. The van der Waals surface area contributed by atoms with Crippen LogP contribution in [-0.2, 0) is 30.5 Å². The number of rotatable bonds is 2. The topological polar surface area (TPSA) is 69.2 Å². The molecule has 1 aliphatic rings. The van der Waals surface area contributed by atoms with Gasteiger partial charge >= 0.3 is 20.4 Å². The largest absolute Gasteiger partial charge is 2.00 e. The minimum absolute atomic E-state index is 0. The van der Waals surface area contributed by atoms with Crippen LogP contribution in [0.2, 0.25) is 0 Å². The molecule has 1 aromatic rings. The standard InChI is InChI=1S/C13H14N.CH4O3S.Pd/c1-14-13-10-6-5-9-12(13)11-7-3-2-4-8-11;1-5(2,3)4;/h2-9,14H,10H2,1H3;1H3,(H,2,3,4);/q-1;;+2/p-1. The summed E-state index contributed by atoms with van der Waals surface area (Å²) < 4.78 is 27.2. The van der Waals surface area contributed by atoms with Crippen LogP contribution in [0.1, 0.15) is 12.0 Å². The molecule has 0 fully saturated rings. The zero-order valence-corrected chi connectivity index (χ0v) is 13.6. The summed E-state index contributed by atoms with van der Waals surface area (Å²) in [5, 5.41) is 3.25. The molecule has 6 heteroatoms. The molecule has 1 aromatic carbocycles. The van der Waals surface area contributed by atoms with Crippen molar-refractivity contribution in [2.45, 2.75) is 6.42 Å². The molecule has 0 saturated carbocycles. The molecule has 0 atom stereocenters. The van der Waals surface area contributed by atoms with E-state index in [1.165, 1.54) is 17.2 Å². The van der Waals surface area contributed by atoms with Crippen molar-refractivity contribution in [2.24, 2.45) is 0 Å². The van der Waals surface area contributed by atoms with E-state index in [0.717, 1.165) is 6.42 Å². The fourth-order valence-corrected chi connectivity index (χ4v) is 1.69. The second-order valence-corrected chi connectivity index (χ2v) is 5.42. The summed E-state index contributed by atoms with van der Waals surface area (Å²) in [6.45, 7) is 0. The molecule has 0 spiro atoms. The monoisotopic (exact) mass is 385 g/mol. The molecule has 0 saturated heterocycles. The Morgan fingerprint density at radius 2 is 1.80 bits per heavy atom. The third kappa shape index (κ3) is 7.63. The summed E-state index contributed by atoms with van der Waals surface area (Å²) in [7, 11) is -1.94. The van der Waals surface area contributed by atoms with Gasteiger partial charge in [0.2, 0.25) is 0 Å². The van der Waals surface area contributed by atoms with Crippen LogP contribution in [0.3, 0.4) is 0 Å². The van der Waals surface area contributed by atoms with Crippen LogP contribution in [0.4, 0.5) is 0 Å². The van der Waals surface area contributed by atoms with E-state index in [2.05, 4.69) is 47.8 Å². The summed E-state index contributed by atoms with van der Waals surface area (Å²) in [5.41, 5.74) is 2.58. The first-order chi connectivity index (χ1) is 8.92.